The quantitative estimate of drug-likeness (QED) is 0.677. The molecule has 2 N–H and O–H groups in total. The number of nitrogens with zero attached hydrogens (tertiary/aromatic N) is 1. The van der Waals surface area contributed by atoms with Crippen molar-refractivity contribution in [3.8, 4) is 0 Å². The monoisotopic (exact) mass is 249 g/mol. The van der Waals surface area contributed by atoms with Crippen LogP contribution in [0.15, 0.2) is 4.99 Å². The van der Waals surface area contributed by atoms with E-state index >= 15 is 0 Å². The lowest BCUT2D eigenvalue weighted by atomic mass is 9.75. The van der Waals surface area contributed by atoms with Crippen LogP contribution in [-0.2, 0) is 4.79 Å². The van der Waals surface area contributed by atoms with Gasteiger partial charge in [-0.25, -0.2) is 0 Å². The molecule has 0 aromatic carbocycles. The van der Waals surface area contributed by atoms with E-state index in [-0.39, 0.29) is 18.8 Å². The maximum atomic E-state index is 12.7. The van der Waals surface area contributed by atoms with Gasteiger partial charge in [0.25, 0.3) is 5.91 Å². The largest absolute Gasteiger partial charge is 0.391 e. The molecule has 2 atom stereocenters. The fourth-order valence-corrected chi connectivity index (χ4v) is 2.53. The Hall–Kier alpha value is -1.27. The zero-order chi connectivity index (χ0) is 12.7. The number of nitrogens with one attached hydrogen (secondary N) is 2. The third-order valence-electron chi connectivity index (χ3n) is 3.46. The highest BCUT2D eigenvalue weighted by atomic mass is 19.4. The Kier molecular flexibility index (Phi) is 2.79. The Morgan fingerprint density at radius 3 is 2.71 bits per heavy atom. The maximum Gasteiger partial charge on any atom is 0.391 e. The second-order valence-electron chi connectivity index (χ2n) is 4.57. The number of hydrogen-bond donors (Lipinski definition) is 2. The van der Waals surface area contributed by atoms with Gasteiger partial charge in [-0.15, -0.1) is 0 Å². The van der Waals surface area contributed by atoms with Crippen LogP contribution in [-0.4, -0.2) is 30.6 Å². The van der Waals surface area contributed by atoms with Crippen LogP contribution in [0.3, 0.4) is 0 Å². The summed E-state index contributed by atoms with van der Waals surface area (Å²) in [7, 11) is 1.48. The molecule has 1 amide bonds. The first kappa shape index (κ1) is 12.2. The van der Waals surface area contributed by atoms with E-state index < -0.39 is 23.5 Å². The van der Waals surface area contributed by atoms with Gasteiger partial charge in [0.1, 0.15) is 5.54 Å². The van der Waals surface area contributed by atoms with E-state index in [1.54, 1.807) is 0 Å². The molecule has 2 fully saturated rings. The van der Waals surface area contributed by atoms with E-state index in [1.165, 1.54) is 7.05 Å². The van der Waals surface area contributed by atoms with Crippen LogP contribution in [0.2, 0.25) is 0 Å². The molecule has 4 nitrogen and oxygen atoms in total. The average Bonchev–Trinajstić information content (AvgIpc) is 2.55. The molecule has 1 spiro atoms. The van der Waals surface area contributed by atoms with Crippen molar-refractivity contribution >= 4 is 11.9 Å². The summed E-state index contributed by atoms with van der Waals surface area (Å²) < 4.78 is 38.1. The summed E-state index contributed by atoms with van der Waals surface area (Å²) in [6, 6.07) is 0. The molecule has 0 aromatic rings. The minimum absolute atomic E-state index is 0.0960. The second kappa shape index (κ2) is 3.89. The van der Waals surface area contributed by atoms with E-state index in [0.717, 1.165) is 0 Å². The van der Waals surface area contributed by atoms with Crippen LogP contribution in [0.1, 0.15) is 25.7 Å². The molecule has 96 valence electrons. The van der Waals surface area contributed by atoms with Crippen molar-refractivity contribution < 1.29 is 18.0 Å². The number of carbonyl (C=O) groups excluding carboxylic acids is 1. The summed E-state index contributed by atoms with van der Waals surface area (Å²) in [6.45, 7) is 0. The third-order valence-corrected chi connectivity index (χ3v) is 3.46. The van der Waals surface area contributed by atoms with E-state index in [0.29, 0.717) is 12.8 Å². The lowest BCUT2D eigenvalue weighted by Gasteiger charge is -2.36. The van der Waals surface area contributed by atoms with Crippen molar-refractivity contribution in [3.05, 3.63) is 0 Å². The van der Waals surface area contributed by atoms with Gasteiger partial charge in [-0.2, -0.15) is 13.2 Å². The third kappa shape index (κ3) is 2.10. The van der Waals surface area contributed by atoms with Gasteiger partial charge in [0.05, 0.1) is 5.92 Å². The van der Waals surface area contributed by atoms with Gasteiger partial charge in [-0.1, -0.05) is 0 Å². The first-order valence-electron chi connectivity index (χ1n) is 5.50. The molecule has 1 aliphatic carbocycles. The zero-order valence-corrected chi connectivity index (χ0v) is 9.40. The number of hydrogen-bond acceptors (Lipinski definition) is 2. The normalized spacial score (nSPS) is 36.1. The summed E-state index contributed by atoms with van der Waals surface area (Å²) >= 11 is 0. The fourth-order valence-electron chi connectivity index (χ4n) is 2.53. The molecule has 0 aromatic heterocycles. The minimum Gasteiger partial charge on any atom is -0.342 e. The van der Waals surface area contributed by atoms with E-state index in [2.05, 4.69) is 15.6 Å². The molecule has 0 bridgehead atoms. The first-order chi connectivity index (χ1) is 7.87. The van der Waals surface area contributed by atoms with Gasteiger partial charge in [0.15, 0.2) is 5.96 Å². The second-order valence-corrected chi connectivity index (χ2v) is 4.57. The Morgan fingerprint density at radius 2 is 2.18 bits per heavy atom. The lowest BCUT2D eigenvalue weighted by Crippen LogP contribution is -2.52. The number of guanidine groups is 1. The summed E-state index contributed by atoms with van der Waals surface area (Å²) in [5, 5.41) is 5.27. The zero-order valence-electron chi connectivity index (χ0n) is 9.40. The minimum atomic E-state index is -4.23. The molecular formula is C10H14F3N3O. The molecule has 0 radical (unpaired) electrons. The Labute approximate surface area is 96.7 Å². The summed E-state index contributed by atoms with van der Waals surface area (Å²) in [4.78, 5) is 15.5. The lowest BCUT2D eigenvalue weighted by molar-refractivity contribution is -0.187. The number of carbonyl (C=O) groups is 1. The van der Waals surface area contributed by atoms with Crippen LogP contribution < -0.4 is 10.6 Å². The summed E-state index contributed by atoms with van der Waals surface area (Å²) in [5.74, 6) is -1.55. The van der Waals surface area contributed by atoms with Crippen LogP contribution in [0, 0.1) is 5.92 Å². The SMILES string of the molecule is CN=C1NC(=O)C2(CCCC(C(F)(F)F)C2)N1. The van der Waals surface area contributed by atoms with Gasteiger partial charge in [-0.3, -0.25) is 15.1 Å². The Balaban J connectivity index is 2.19. The number of rotatable bonds is 0. The standard InChI is InChI=1S/C10H14F3N3O/c1-14-8-15-7(17)9(16-8)4-2-3-6(5-9)10(11,12)13/h6H,2-5H2,1H3,(H2,14,15,16,17). The number of alkyl halides is 3. The van der Waals surface area contributed by atoms with Crippen LogP contribution in [0.5, 0.6) is 0 Å². The van der Waals surface area contributed by atoms with Gasteiger partial charge in [0, 0.05) is 7.05 Å². The van der Waals surface area contributed by atoms with Crippen molar-refractivity contribution in [2.24, 2.45) is 10.9 Å². The highest BCUT2D eigenvalue weighted by molar-refractivity contribution is 6.09. The van der Waals surface area contributed by atoms with Gasteiger partial charge in [0.2, 0.25) is 0 Å². The summed E-state index contributed by atoms with van der Waals surface area (Å²) in [5.41, 5.74) is -1.12. The Bertz CT molecular complexity index is 366. The van der Waals surface area contributed by atoms with E-state index in [4.69, 9.17) is 0 Å². The van der Waals surface area contributed by atoms with Crippen LogP contribution in [0.4, 0.5) is 13.2 Å². The van der Waals surface area contributed by atoms with Crippen molar-refractivity contribution in [1.82, 2.24) is 10.6 Å². The Morgan fingerprint density at radius 1 is 1.47 bits per heavy atom. The van der Waals surface area contributed by atoms with Crippen molar-refractivity contribution in [2.45, 2.75) is 37.4 Å². The number of amides is 1. The molecule has 17 heavy (non-hydrogen) atoms. The molecule has 1 saturated heterocycles. The maximum absolute atomic E-state index is 12.7. The molecule has 7 heteroatoms. The number of halogens is 3. The van der Waals surface area contributed by atoms with Crippen molar-refractivity contribution in [3.63, 3.8) is 0 Å². The fraction of sp³-hybridized carbons (Fsp3) is 0.800. The highest BCUT2D eigenvalue weighted by Crippen LogP contribution is 2.42. The predicted octanol–water partition coefficient (Wildman–Crippen LogP) is 1.18. The summed E-state index contributed by atoms with van der Waals surface area (Å²) in [6.07, 6.45) is -3.53. The van der Waals surface area contributed by atoms with Crippen LogP contribution >= 0.6 is 0 Å². The van der Waals surface area contributed by atoms with E-state index in [9.17, 15) is 18.0 Å². The predicted molar refractivity (Wildman–Crippen MR) is 55.4 cm³/mol. The average molecular weight is 249 g/mol. The van der Waals surface area contributed by atoms with Crippen LogP contribution in [0.25, 0.3) is 0 Å². The molecule has 2 rings (SSSR count). The molecule has 2 aliphatic rings. The van der Waals surface area contributed by atoms with Crippen molar-refractivity contribution in [2.75, 3.05) is 7.05 Å². The van der Waals surface area contributed by atoms with Gasteiger partial charge in [-0.05, 0) is 25.7 Å². The molecule has 2 unspecified atom stereocenters. The first-order valence-corrected chi connectivity index (χ1v) is 5.50. The molecule has 1 saturated carbocycles. The van der Waals surface area contributed by atoms with E-state index in [1.807, 2.05) is 0 Å². The van der Waals surface area contributed by atoms with Crippen molar-refractivity contribution in [1.29, 1.82) is 0 Å². The number of aliphatic imine (C=N–C) groups is 1. The van der Waals surface area contributed by atoms with Gasteiger partial charge < -0.3 is 5.32 Å². The topological polar surface area (TPSA) is 53.5 Å². The van der Waals surface area contributed by atoms with Gasteiger partial charge >= 0.3 is 6.18 Å². The molecule has 1 aliphatic heterocycles. The smallest absolute Gasteiger partial charge is 0.342 e. The highest BCUT2D eigenvalue weighted by Gasteiger charge is 2.53. The molecule has 1 heterocycles. The molecular weight excluding hydrogens is 235 g/mol.